The third-order valence-electron chi connectivity index (χ3n) is 4.19. The molecule has 0 aromatic heterocycles. The van der Waals surface area contributed by atoms with Gasteiger partial charge >= 0.3 is 12.1 Å². The van der Waals surface area contributed by atoms with Gasteiger partial charge in [-0.3, -0.25) is 4.79 Å². The lowest BCUT2D eigenvalue weighted by molar-refractivity contribution is -0.149. The maximum atomic E-state index is 11.3. The Kier molecular flexibility index (Phi) is 2.78. The van der Waals surface area contributed by atoms with Crippen LogP contribution in [0, 0.1) is 11.3 Å². The van der Waals surface area contributed by atoms with Crippen LogP contribution < -0.4 is 0 Å². The van der Waals surface area contributed by atoms with E-state index in [9.17, 15) is 14.7 Å². The van der Waals surface area contributed by atoms with E-state index in [1.165, 1.54) is 4.90 Å². The van der Waals surface area contributed by atoms with Gasteiger partial charge in [0.05, 0.1) is 5.92 Å². The molecule has 1 saturated carbocycles. The maximum Gasteiger partial charge on any atom is 0.407 e. The van der Waals surface area contributed by atoms with Crippen molar-refractivity contribution in [1.82, 2.24) is 4.90 Å². The van der Waals surface area contributed by atoms with Gasteiger partial charge in [-0.2, -0.15) is 0 Å². The van der Waals surface area contributed by atoms with Crippen LogP contribution in [-0.2, 0) is 4.79 Å². The molecule has 1 atom stereocenters. The minimum atomic E-state index is -1.00. The highest BCUT2D eigenvalue weighted by molar-refractivity contribution is 5.73. The third kappa shape index (κ3) is 1.74. The number of hydrogen-bond acceptors (Lipinski definition) is 2. The number of hydrogen-bond donors (Lipinski definition) is 2. The topological polar surface area (TPSA) is 77.8 Å². The highest BCUT2D eigenvalue weighted by atomic mass is 16.4. The molecule has 2 fully saturated rings. The summed E-state index contributed by atoms with van der Waals surface area (Å²) in [5.74, 6) is -1.35. The molecule has 0 aromatic rings. The summed E-state index contributed by atoms with van der Waals surface area (Å²) in [4.78, 5) is 23.4. The molecule has 2 rings (SSSR count). The van der Waals surface area contributed by atoms with E-state index >= 15 is 0 Å². The van der Waals surface area contributed by atoms with Crippen LogP contribution in [0.4, 0.5) is 4.79 Å². The lowest BCUT2D eigenvalue weighted by atomic mass is 9.69. The predicted octanol–water partition coefficient (Wildman–Crippen LogP) is 1.63. The van der Waals surface area contributed by atoms with Crippen LogP contribution in [0.1, 0.15) is 32.1 Å². The van der Waals surface area contributed by atoms with Gasteiger partial charge in [0.1, 0.15) is 0 Å². The quantitative estimate of drug-likeness (QED) is 0.713. The molecular weight excluding hydrogens is 210 g/mol. The number of carboxylic acid groups (broad SMARTS) is 2. The first-order chi connectivity index (χ1) is 7.55. The van der Waals surface area contributed by atoms with Crippen molar-refractivity contribution in [2.75, 3.05) is 13.1 Å². The molecule has 1 aliphatic carbocycles. The predicted molar refractivity (Wildman–Crippen MR) is 56.2 cm³/mol. The first-order valence-electron chi connectivity index (χ1n) is 5.76. The van der Waals surface area contributed by atoms with Crippen molar-refractivity contribution in [2.24, 2.45) is 11.3 Å². The summed E-state index contributed by atoms with van der Waals surface area (Å²) in [5, 5.41) is 18.1. The summed E-state index contributed by atoms with van der Waals surface area (Å²) in [6.07, 6.45) is 3.75. The fourth-order valence-corrected chi connectivity index (χ4v) is 3.23. The molecule has 1 spiro atoms. The van der Waals surface area contributed by atoms with Crippen molar-refractivity contribution in [3.8, 4) is 0 Å². The zero-order valence-electron chi connectivity index (χ0n) is 9.19. The van der Waals surface area contributed by atoms with Crippen LogP contribution in [0.2, 0.25) is 0 Å². The van der Waals surface area contributed by atoms with E-state index in [2.05, 4.69) is 0 Å². The molecule has 5 nitrogen and oxygen atoms in total. The van der Waals surface area contributed by atoms with E-state index in [0.717, 1.165) is 25.7 Å². The van der Waals surface area contributed by atoms with Gasteiger partial charge in [-0.15, -0.1) is 0 Å². The molecule has 0 aromatic carbocycles. The summed E-state index contributed by atoms with van der Waals surface area (Å²) in [6, 6.07) is 0. The number of likely N-dealkylation sites (tertiary alicyclic amines) is 1. The van der Waals surface area contributed by atoms with Gasteiger partial charge in [-0.1, -0.05) is 12.8 Å². The molecule has 5 heteroatoms. The molecule has 2 aliphatic rings. The normalized spacial score (nSPS) is 28.2. The second-order valence-corrected chi connectivity index (χ2v) is 4.94. The Morgan fingerprint density at radius 2 is 1.75 bits per heavy atom. The minimum absolute atomic E-state index is 0.127. The van der Waals surface area contributed by atoms with Gasteiger partial charge in [0.2, 0.25) is 0 Å². The molecule has 1 unspecified atom stereocenters. The summed E-state index contributed by atoms with van der Waals surface area (Å²) in [6.45, 7) is 0.643. The van der Waals surface area contributed by atoms with Gasteiger partial charge in [-0.05, 0) is 24.7 Å². The highest BCUT2D eigenvalue weighted by Crippen LogP contribution is 2.49. The minimum Gasteiger partial charge on any atom is -0.481 e. The van der Waals surface area contributed by atoms with Gasteiger partial charge in [0, 0.05) is 13.1 Å². The first-order valence-corrected chi connectivity index (χ1v) is 5.76. The average Bonchev–Trinajstić information content (AvgIpc) is 2.67. The fraction of sp³-hybridized carbons (Fsp3) is 0.818. The van der Waals surface area contributed by atoms with Crippen LogP contribution in [0.25, 0.3) is 0 Å². The Bertz CT molecular complexity index is 309. The van der Waals surface area contributed by atoms with Crippen molar-refractivity contribution < 1.29 is 19.8 Å². The second kappa shape index (κ2) is 3.96. The summed E-state index contributed by atoms with van der Waals surface area (Å²) < 4.78 is 0. The number of aliphatic carboxylic acids is 1. The molecule has 0 radical (unpaired) electrons. The number of amides is 1. The average molecular weight is 227 g/mol. The largest absolute Gasteiger partial charge is 0.481 e. The third-order valence-corrected chi connectivity index (χ3v) is 4.19. The van der Waals surface area contributed by atoms with Crippen LogP contribution in [0.3, 0.4) is 0 Å². The van der Waals surface area contributed by atoms with Crippen molar-refractivity contribution in [3.63, 3.8) is 0 Å². The van der Waals surface area contributed by atoms with E-state index in [4.69, 9.17) is 5.11 Å². The van der Waals surface area contributed by atoms with E-state index < -0.39 is 18.0 Å². The highest BCUT2D eigenvalue weighted by Gasteiger charge is 2.48. The van der Waals surface area contributed by atoms with Crippen LogP contribution in [0.5, 0.6) is 0 Å². The Hall–Kier alpha value is -1.26. The molecule has 1 aliphatic heterocycles. The van der Waals surface area contributed by atoms with Crippen molar-refractivity contribution in [1.29, 1.82) is 0 Å². The molecule has 1 amide bonds. The van der Waals surface area contributed by atoms with Crippen molar-refractivity contribution in [2.45, 2.75) is 32.1 Å². The van der Waals surface area contributed by atoms with Gasteiger partial charge in [0.25, 0.3) is 0 Å². The molecule has 16 heavy (non-hydrogen) atoms. The number of carboxylic acids is 1. The SMILES string of the molecule is O=C(O)C1CN(C(=O)O)CCC12CCCC2. The van der Waals surface area contributed by atoms with Crippen LogP contribution >= 0.6 is 0 Å². The Balaban J connectivity index is 2.17. The number of nitrogens with zero attached hydrogens (tertiary/aromatic N) is 1. The standard InChI is InChI=1S/C11H17NO4/c13-9(14)8-7-12(10(15)16)6-5-11(8)3-1-2-4-11/h8H,1-7H2,(H,13,14)(H,15,16). The molecule has 90 valence electrons. The smallest absolute Gasteiger partial charge is 0.407 e. The van der Waals surface area contributed by atoms with E-state index in [1.807, 2.05) is 0 Å². The van der Waals surface area contributed by atoms with E-state index in [-0.39, 0.29) is 12.0 Å². The lowest BCUT2D eigenvalue weighted by Gasteiger charge is -2.43. The number of carbonyl (C=O) groups is 2. The lowest BCUT2D eigenvalue weighted by Crippen LogP contribution is -2.51. The van der Waals surface area contributed by atoms with E-state index in [1.54, 1.807) is 0 Å². The van der Waals surface area contributed by atoms with Crippen LogP contribution in [0.15, 0.2) is 0 Å². The molecule has 1 saturated heterocycles. The zero-order valence-corrected chi connectivity index (χ0v) is 9.19. The first kappa shape index (κ1) is 11.2. The summed E-state index contributed by atoms with van der Waals surface area (Å²) >= 11 is 0. The Labute approximate surface area is 94.0 Å². The molecular formula is C11H17NO4. The van der Waals surface area contributed by atoms with E-state index in [0.29, 0.717) is 13.0 Å². The monoisotopic (exact) mass is 227 g/mol. The fourth-order valence-electron chi connectivity index (χ4n) is 3.23. The molecule has 1 heterocycles. The van der Waals surface area contributed by atoms with Gasteiger partial charge in [-0.25, -0.2) is 4.79 Å². The van der Waals surface area contributed by atoms with Crippen molar-refractivity contribution in [3.05, 3.63) is 0 Å². The van der Waals surface area contributed by atoms with Crippen LogP contribution in [-0.4, -0.2) is 40.3 Å². The second-order valence-electron chi connectivity index (χ2n) is 4.94. The zero-order chi connectivity index (χ0) is 11.8. The summed E-state index contributed by atoms with van der Waals surface area (Å²) in [5.41, 5.74) is -0.127. The summed E-state index contributed by atoms with van der Waals surface area (Å²) in [7, 11) is 0. The number of rotatable bonds is 1. The Morgan fingerprint density at radius 3 is 2.25 bits per heavy atom. The van der Waals surface area contributed by atoms with Crippen molar-refractivity contribution >= 4 is 12.1 Å². The Morgan fingerprint density at radius 1 is 1.12 bits per heavy atom. The maximum absolute atomic E-state index is 11.3. The van der Waals surface area contributed by atoms with Gasteiger partial charge in [0.15, 0.2) is 0 Å². The number of piperidine rings is 1. The molecule has 0 bridgehead atoms. The van der Waals surface area contributed by atoms with Gasteiger partial charge < -0.3 is 15.1 Å². The molecule has 2 N–H and O–H groups in total.